The van der Waals surface area contributed by atoms with Gasteiger partial charge in [-0.15, -0.1) is 10.2 Å². The quantitative estimate of drug-likeness (QED) is 0.761. The molecule has 6 nitrogen and oxygen atoms in total. The third kappa shape index (κ3) is 2.54. The molecule has 2 rings (SSSR count). The van der Waals surface area contributed by atoms with Gasteiger partial charge >= 0.3 is 5.97 Å². The molecule has 0 fully saturated rings. The van der Waals surface area contributed by atoms with E-state index in [1.165, 1.54) is 6.07 Å². The lowest BCUT2D eigenvalue weighted by molar-refractivity contribution is 0.0697. The van der Waals surface area contributed by atoms with E-state index in [1.54, 1.807) is 0 Å². The first kappa shape index (κ1) is 11.8. The Morgan fingerprint density at radius 3 is 2.56 bits per heavy atom. The van der Waals surface area contributed by atoms with Crippen molar-refractivity contribution in [2.75, 3.05) is 11.1 Å². The van der Waals surface area contributed by atoms with E-state index in [1.807, 2.05) is 31.2 Å². The molecule has 2 aromatic rings. The van der Waals surface area contributed by atoms with Gasteiger partial charge in [0.15, 0.2) is 5.82 Å². The third-order valence-corrected chi connectivity index (χ3v) is 2.36. The van der Waals surface area contributed by atoms with E-state index in [4.69, 9.17) is 10.8 Å². The fraction of sp³-hybridized carbons (Fsp3) is 0.0833. The fourth-order valence-corrected chi connectivity index (χ4v) is 1.44. The molecule has 0 atom stereocenters. The number of benzene rings is 1. The molecule has 0 saturated heterocycles. The number of aromatic nitrogens is 2. The second-order valence-electron chi connectivity index (χ2n) is 3.83. The number of carboxylic acid groups (broad SMARTS) is 1. The van der Waals surface area contributed by atoms with Gasteiger partial charge in [0.05, 0.1) is 0 Å². The smallest absolute Gasteiger partial charge is 0.339 e. The Labute approximate surface area is 103 Å². The first-order chi connectivity index (χ1) is 8.56. The average molecular weight is 244 g/mol. The summed E-state index contributed by atoms with van der Waals surface area (Å²) in [4.78, 5) is 11.1. The molecule has 0 aliphatic rings. The van der Waals surface area contributed by atoms with E-state index in [2.05, 4.69) is 15.5 Å². The zero-order chi connectivity index (χ0) is 13.1. The van der Waals surface area contributed by atoms with Crippen LogP contribution in [0.4, 0.5) is 17.3 Å². The molecule has 0 amide bonds. The van der Waals surface area contributed by atoms with Crippen LogP contribution in [-0.2, 0) is 0 Å². The van der Waals surface area contributed by atoms with E-state index in [0.29, 0.717) is 0 Å². The topological polar surface area (TPSA) is 101 Å². The van der Waals surface area contributed by atoms with Crippen molar-refractivity contribution in [1.29, 1.82) is 0 Å². The Morgan fingerprint density at radius 2 is 1.94 bits per heavy atom. The molecule has 92 valence electrons. The molecule has 0 aliphatic carbocycles. The summed E-state index contributed by atoms with van der Waals surface area (Å²) >= 11 is 0. The van der Waals surface area contributed by atoms with Crippen LogP contribution in [0.2, 0.25) is 0 Å². The average Bonchev–Trinajstić information content (AvgIpc) is 2.34. The number of hydrogen-bond acceptors (Lipinski definition) is 5. The largest absolute Gasteiger partial charge is 0.478 e. The van der Waals surface area contributed by atoms with Gasteiger partial charge in [0.2, 0.25) is 0 Å². The highest BCUT2D eigenvalue weighted by Crippen LogP contribution is 2.19. The lowest BCUT2D eigenvalue weighted by Crippen LogP contribution is -2.08. The predicted molar refractivity (Wildman–Crippen MR) is 67.9 cm³/mol. The van der Waals surface area contributed by atoms with Crippen LogP contribution in [0.5, 0.6) is 0 Å². The van der Waals surface area contributed by atoms with E-state index in [0.717, 1.165) is 11.3 Å². The van der Waals surface area contributed by atoms with Crippen molar-refractivity contribution in [3.8, 4) is 0 Å². The van der Waals surface area contributed by atoms with Crippen LogP contribution in [0.25, 0.3) is 0 Å². The number of nitrogen functional groups attached to an aromatic ring is 1. The monoisotopic (exact) mass is 244 g/mol. The van der Waals surface area contributed by atoms with Crippen molar-refractivity contribution in [3.05, 3.63) is 41.5 Å². The van der Waals surface area contributed by atoms with Gasteiger partial charge in [-0.1, -0.05) is 17.7 Å². The number of aromatic carboxylic acids is 1. The van der Waals surface area contributed by atoms with Gasteiger partial charge in [-0.2, -0.15) is 0 Å². The lowest BCUT2D eigenvalue weighted by atomic mass is 10.2. The van der Waals surface area contributed by atoms with Crippen molar-refractivity contribution < 1.29 is 9.90 Å². The SMILES string of the molecule is Cc1ccc(Nc2nnc(N)cc2C(=O)O)cc1. The fourth-order valence-electron chi connectivity index (χ4n) is 1.44. The number of nitrogens with two attached hydrogens (primary N) is 1. The summed E-state index contributed by atoms with van der Waals surface area (Å²) < 4.78 is 0. The normalized spacial score (nSPS) is 10.1. The van der Waals surface area contributed by atoms with Crippen LogP contribution in [0.1, 0.15) is 15.9 Å². The number of nitrogens with zero attached hydrogens (tertiary/aromatic N) is 2. The molecule has 0 bridgehead atoms. The summed E-state index contributed by atoms with van der Waals surface area (Å²) in [7, 11) is 0. The van der Waals surface area contributed by atoms with E-state index < -0.39 is 5.97 Å². The highest BCUT2D eigenvalue weighted by molar-refractivity contribution is 5.94. The molecule has 1 heterocycles. The second-order valence-corrected chi connectivity index (χ2v) is 3.83. The Morgan fingerprint density at radius 1 is 1.28 bits per heavy atom. The predicted octanol–water partition coefficient (Wildman–Crippen LogP) is 1.81. The summed E-state index contributed by atoms with van der Waals surface area (Å²) in [5.41, 5.74) is 7.25. The molecule has 4 N–H and O–H groups in total. The van der Waals surface area contributed by atoms with Crippen LogP contribution in [0, 0.1) is 6.92 Å². The zero-order valence-electron chi connectivity index (χ0n) is 9.71. The van der Waals surface area contributed by atoms with Crippen molar-refractivity contribution in [2.45, 2.75) is 6.92 Å². The number of hydrogen-bond donors (Lipinski definition) is 3. The van der Waals surface area contributed by atoms with Crippen molar-refractivity contribution in [2.24, 2.45) is 0 Å². The van der Waals surface area contributed by atoms with Gasteiger partial charge in [-0.05, 0) is 19.1 Å². The maximum absolute atomic E-state index is 11.1. The number of carboxylic acids is 1. The molecule has 6 heteroatoms. The number of rotatable bonds is 3. The maximum Gasteiger partial charge on any atom is 0.339 e. The second kappa shape index (κ2) is 4.70. The van der Waals surface area contributed by atoms with Crippen LogP contribution in [0.3, 0.4) is 0 Å². The summed E-state index contributed by atoms with van der Waals surface area (Å²) in [6.07, 6.45) is 0. The first-order valence-corrected chi connectivity index (χ1v) is 5.26. The summed E-state index contributed by atoms with van der Waals surface area (Å²) in [5, 5.41) is 19.3. The molecule has 1 aromatic heterocycles. The molecule has 0 unspecified atom stereocenters. The highest BCUT2D eigenvalue weighted by atomic mass is 16.4. The van der Waals surface area contributed by atoms with Crippen LogP contribution in [0.15, 0.2) is 30.3 Å². The van der Waals surface area contributed by atoms with Gasteiger partial charge in [0.25, 0.3) is 0 Å². The molecule has 0 spiro atoms. The van der Waals surface area contributed by atoms with Crippen molar-refractivity contribution in [1.82, 2.24) is 10.2 Å². The minimum atomic E-state index is -1.11. The van der Waals surface area contributed by atoms with Crippen LogP contribution < -0.4 is 11.1 Å². The van der Waals surface area contributed by atoms with Gasteiger partial charge in [-0.25, -0.2) is 4.79 Å². The lowest BCUT2D eigenvalue weighted by Gasteiger charge is -2.08. The molecule has 18 heavy (non-hydrogen) atoms. The van der Waals surface area contributed by atoms with Gasteiger partial charge in [-0.3, -0.25) is 0 Å². The standard InChI is InChI=1S/C12H12N4O2/c1-7-2-4-8(5-3-7)14-11-9(12(17)18)6-10(13)15-16-11/h2-6H,1H3,(H2,13,15)(H,14,16)(H,17,18). The van der Waals surface area contributed by atoms with Crippen molar-refractivity contribution in [3.63, 3.8) is 0 Å². The van der Waals surface area contributed by atoms with Gasteiger partial charge in [0, 0.05) is 11.8 Å². The highest BCUT2D eigenvalue weighted by Gasteiger charge is 2.13. The Balaban J connectivity index is 2.34. The van der Waals surface area contributed by atoms with Gasteiger partial charge < -0.3 is 16.2 Å². The zero-order valence-corrected chi connectivity index (χ0v) is 9.71. The molecule has 1 aromatic carbocycles. The third-order valence-electron chi connectivity index (χ3n) is 2.36. The molecule has 0 aliphatic heterocycles. The van der Waals surface area contributed by atoms with E-state index in [9.17, 15) is 4.79 Å². The minimum absolute atomic E-state index is 0.0110. The van der Waals surface area contributed by atoms with Crippen molar-refractivity contribution >= 4 is 23.3 Å². The Hall–Kier alpha value is -2.63. The summed E-state index contributed by atoms with van der Waals surface area (Å²) in [6.45, 7) is 1.97. The molecular formula is C12H12N4O2. The van der Waals surface area contributed by atoms with Crippen LogP contribution in [-0.4, -0.2) is 21.3 Å². The number of anilines is 3. The van der Waals surface area contributed by atoms with Crippen LogP contribution >= 0.6 is 0 Å². The molecule has 0 radical (unpaired) electrons. The number of carbonyl (C=O) groups is 1. The van der Waals surface area contributed by atoms with Gasteiger partial charge in [0.1, 0.15) is 11.4 Å². The van der Waals surface area contributed by atoms with E-state index >= 15 is 0 Å². The summed E-state index contributed by atoms with van der Waals surface area (Å²) in [5.74, 6) is -0.867. The molecule has 0 saturated carbocycles. The summed E-state index contributed by atoms with van der Waals surface area (Å²) in [6, 6.07) is 8.75. The van der Waals surface area contributed by atoms with E-state index in [-0.39, 0.29) is 17.2 Å². The number of nitrogens with one attached hydrogen (secondary N) is 1. The maximum atomic E-state index is 11.1. The Bertz CT molecular complexity index is 581. The number of aryl methyl sites for hydroxylation is 1. The minimum Gasteiger partial charge on any atom is -0.478 e. The molecular weight excluding hydrogens is 232 g/mol. The Kier molecular flexibility index (Phi) is 3.09. The first-order valence-electron chi connectivity index (χ1n) is 5.26.